The van der Waals surface area contributed by atoms with Crippen LogP contribution in [0.1, 0.15) is 33.9 Å². The van der Waals surface area contributed by atoms with Gasteiger partial charge in [0.15, 0.2) is 5.76 Å². The molecule has 0 atom stereocenters. The number of rotatable bonds is 6. The highest BCUT2D eigenvalue weighted by Gasteiger charge is 2.13. The van der Waals surface area contributed by atoms with Gasteiger partial charge in [-0.05, 0) is 31.4 Å². The minimum Gasteiger partial charge on any atom is -0.456 e. The van der Waals surface area contributed by atoms with Gasteiger partial charge in [-0.1, -0.05) is 30.3 Å². The summed E-state index contributed by atoms with van der Waals surface area (Å²) in [5.41, 5.74) is 2.14. The Kier molecular flexibility index (Phi) is 5.24. The highest BCUT2D eigenvalue weighted by atomic mass is 35.5. The molecule has 1 aromatic heterocycles. The first kappa shape index (κ1) is 14.7. The highest BCUT2D eigenvalue weighted by Crippen LogP contribution is 2.16. The van der Waals surface area contributed by atoms with Gasteiger partial charge < -0.3 is 9.73 Å². The van der Waals surface area contributed by atoms with E-state index in [1.165, 1.54) is 5.56 Å². The topological polar surface area (TPSA) is 42.2 Å². The van der Waals surface area contributed by atoms with Crippen LogP contribution in [0.25, 0.3) is 0 Å². The van der Waals surface area contributed by atoms with Crippen LogP contribution in [0, 0.1) is 6.92 Å². The lowest BCUT2D eigenvalue weighted by atomic mass is 10.1. The first-order chi connectivity index (χ1) is 9.70. The summed E-state index contributed by atoms with van der Waals surface area (Å²) in [5, 5.41) is 2.86. The van der Waals surface area contributed by atoms with Gasteiger partial charge in [0.25, 0.3) is 5.91 Å². The monoisotopic (exact) mass is 291 g/mol. The second kappa shape index (κ2) is 7.15. The number of aryl methyl sites for hydroxylation is 2. The number of carbonyl (C=O) groups excluding carboxylic acids is 1. The van der Waals surface area contributed by atoms with Crippen molar-refractivity contribution in [1.82, 2.24) is 5.32 Å². The van der Waals surface area contributed by atoms with Crippen LogP contribution in [-0.4, -0.2) is 12.5 Å². The number of amides is 1. The summed E-state index contributed by atoms with van der Waals surface area (Å²) in [4.78, 5) is 11.9. The second-order valence-corrected chi connectivity index (χ2v) is 4.94. The number of nitrogens with one attached hydrogen (secondary N) is 1. The molecule has 3 nitrogen and oxygen atoms in total. The number of alkyl halides is 1. The minimum absolute atomic E-state index is 0.183. The van der Waals surface area contributed by atoms with Gasteiger partial charge >= 0.3 is 0 Å². The Morgan fingerprint density at radius 1 is 1.30 bits per heavy atom. The Bertz CT molecular complexity index is 563. The van der Waals surface area contributed by atoms with Gasteiger partial charge in [0.05, 0.1) is 5.88 Å². The molecular formula is C16H18ClNO2. The van der Waals surface area contributed by atoms with E-state index >= 15 is 0 Å². The number of furan rings is 1. The maximum atomic E-state index is 11.9. The minimum atomic E-state index is -0.183. The zero-order chi connectivity index (χ0) is 14.4. The fraction of sp³-hybridized carbons (Fsp3) is 0.312. The summed E-state index contributed by atoms with van der Waals surface area (Å²) in [6, 6.07) is 11.9. The number of hydrogen-bond acceptors (Lipinski definition) is 2. The van der Waals surface area contributed by atoms with E-state index in [-0.39, 0.29) is 5.91 Å². The molecule has 0 radical (unpaired) electrons. The number of carbonyl (C=O) groups is 1. The van der Waals surface area contributed by atoms with Crippen molar-refractivity contribution >= 4 is 17.5 Å². The Hall–Kier alpha value is -1.74. The van der Waals surface area contributed by atoms with Crippen LogP contribution in [0.5, 0.6) is 0 Å². The molecule has 1 aromatic carbocycles. The van der Waals surface area contributed by atoms with E-state index in [4.69, 9.17) is 16.0 Å². The molecule has 0 saturated carbocycles. The molecule has 20 heavy (non-hydrogen) atoms. The lowest BCUT2D eigenvalue weighted by molar-refractivity contribution is 0.0924. The fourth-order valence-corrected chi connectivity index (χ4v) is 2.26. The van der Waals surface area contributed by atoms with Crippen molar-refractivity contribution in [1.29, 1.82) is 0 Å². The zero-order valence-electron chi connectivity index (χ0n) is 11.5. The van der Waals surface area contributed by atoms with E-state index in [0.717, 1.165) is 18.4 Å². The molecule has 1 heterocycles. The van der Waals surface area contributed by atoms with Crippen LogP contribution < -0.4 is 5.32 Å². The number of benzene rings is 1. The quantitative estimate of drug-likeness (QED) is 0.651. The van der Waals surface area contributed by atoms with Crippen LogP contribution in [0.3, 0.4) is 0 Å². The normalized spacial score (nSPS) is 10.5. The first-order valence-electron chi connectivity index (χ1n) is 6.68. The third-order valence-electron chi connectivity index (χ3n) is 3.16. The van der Waals surface area contributed by atoms with E-state index in [2.05, 4.69) is 17.4 Å². The van der Waals surface area contributed by atoms with Gasteiger partial charge in [0.2, 0.25) is 0 Å². The van der Waals surface area contributed by atoms with E-state index in [1.807, 2.05) is 25.1 Å². The molecule has 0 aliphatic heterocycles. The Morgan fingerprint density at radius 2 is 2.05 bits per heavy atom. The molecule has 0 fully saturated rings. The highest BCUT2D eigenvalue weighted by molar-refractivity contribution is 6.17. The second-order valence-electron chi connectivity index (χ2n) is 4.67. The maximum Gasteiger partial charge on any atom is 0.287 e. The molecule has 0 unspecified atom stereocenters. The molecule has 1 N–H and O–H groups in total. The summed E-state index contributed by atoms with van der Waals surface area (Å²) >= 11 is 5.75. The van der Waals surface area contributed by atoms with Gasteiger partial charge in [-0.3, -0.25) is 4.79 Å². The molecule has 2 aromatic rings. The van der Waals surface area contributed by atoms with Crippen molar-refractivity contribution < 1.29 is 9.21 Å². The Morgan fingerprint density at radius 3 is 2.70 bits per heavy atom. The molecular weight excluding hydrogens is 274 g/mol. The number of halogens is 1. The summed E-state index contributed by atoms with van der Waals surface area (Å²) in [5.74, 6) is 1.21. The van der Waals surface area contributed by atoms with Gasteiger partial charge in [0, 0.05) is 12.1 Å². The van der Waals surface area contributed by atoms with Gasteiger partial charge in [-0.25, -0.2) is 0 Å². The van der Waals surface area contributed by atoms with Crippen molar-refractivity contribution in [3.8, 4) is 0 Å². The van der Waals surface area contributed by atoms with Crippen LogP contribution >= 0.6 is 11.6 Å². The predicted molar refractivity (Wildman–Crippen MR) is 80.1 cm³/mol. The lowest BCUT2D eigenvalue weighted by Gasteiger charge is -2.03. The van der Waals surface area contributed by atoms with Crippen molar-refractivity contribution in [2.24, 2.45) is 0 Å². The Labute approximate surface area is 123 Å². The van der Waals surface area contributed by atoms with Crippen LogP contribution in [0.15, 0.2) is 40.8 Å². The predicted octanol–water partition coefficient (Wildman–Crippen LogP) is 3.69. The molecule has 4 heteroatoms. The van der Waals surface area contributed by atoms with Gasteiger partial charge in [-0.15, -0.1) is 11.6 Å². The van der Waals surface area contributed by atoms with Crippen molar-refractivity contribution in [2.75, 3.05) is 6.54 Å². The molecule has 0 spiro atoms. The smallest absolute Gasteiger partial charge is 0.287 e. The molecule has 0 aliphatic carbocycles. The van der Waals surface area contributed by atoms with Crippen molar-refractivity contribution in [3.05, 3.63) is 59.0 Å². The first-order valence-corrected chi connectivity index (χ1v) is 7.21. The Balaban J connectivity index is 1.77. The van der Waals surface area contributed by atoms with E-state index < -0.39 is 0 Å². The average molecular weight is 292 g/mol. The molecule has 0 bridgehead atoms. The molecule has 0 aliphatic rings. The zero-order valence-corrected chi connectivity index (χ0v) is 12.2. The van der Waals surface area contributed by atoms with Crippen LogP contribution in [0.4, 0.5) is 0 Å². The van der Waals surface area contributed by atoms with Gasteiger partial charge in [-0.2, -0.15) is 0 Å². The third kappa shape index (κ3) is 3.87. The third-order valence-corrected chi connectivity index (χ3v) is 3.45. The average Bonchev–Trinajstić information content (AvgIpc) is 2.86. The summed E-state index contributed by atoms with van der Waals surface area (Å²) in [7, 11) is 0. The van der Waals surface area contributed by atoms with Crippen LogP contribution in [-0.2, 0) is 12.3 Å². The fourth-order valence-electron chi connectivity index (χ4n) is 1.99. The van der Waals surface area contributed by atoms with Gasteiger partial charge in [0.1, 0.15) is 5.76 Å². The lowest BCUT2D eigenvalue weighted by Crippen LogP contribution is -2.24. The molecule has 1 amide bonds. The van der Waals surface area contributed by atoms with E-state index in [9.17, 15) is 4.79 Å². The standard InChI is InChI=1S/C16H18ClNO2/c1-12-14(11-17)10-15(20-12)16(19)18-9-5-8-13-6-3-2-4-7-13/h2-4,6-7,10H,5,8-9,11H2,1H3,(H,18,19). The SMILES string of the molecule is Cc1oc(C(=O)NCCCc2ccccc2)cc1CCl. The summed E-state index contributed by atoms with van der Waals surface area (Å²) in [6.45, 7) is 2.44. The van der Waals surface area contributed by atoms with Crippen molar-refractivity contribution in [2.45, 2.75) is 25.6 Å². The van der Waals surface area contributed by atoms with E-state index in [1.54, 1.807) is 6.07 Å². The van der Waals surface area contributed by atoms with Crippen LogP contribution in [0.2, 0.25) is 0 Å². The number of hydrogen-bond donors (Lipinski definition) is 1. The largest absolute Gasteiger partial charge is 0.456 e. The summed E-state index contributed by atoms with van der Waals surface area (Å²) < 4.78 is 5.39. The van der Waals surface area contributed by atoms with Crippen molar-refractivity contribution in [3.63, 3.8) is 0 Å². The maximum absolute atomic E-state index is 11.9. The molecule has 0 saturated heterocycles. The van der Waals surface area contributed by atoms with E-state index in [0.29, 0.717) is 23.9 Å². The summed E-state index contributed by atoms with van der Waals surface area (Å²) in [6.07, 6.45) is 1.85. The molecule has 2 rings (SSSR count). The molecule has 106 valence electrons.